The Morgan fingerprint density at radius 2 is 1.62 bits per heavy atom. The van der Waals surface area contributed by atoms with E-state index in [4.69, 9.17) is 0 Å². The summed E-state index contributed by atoms with van der Waals surface area (Å²) in [5, 5.41) is 4.65. The van der Waals surface area contributed by atoms with Crippen LogP contribution in [-0.4, -0.2) is 25.3 Å². The van der Waals surface area contributed by atoms with Crippen molar-refractivity contribution in [3.63, 3.8) is 0 Å². The van der Waals surface area contributed by atoms with Crippen LogP contribution >= 0.6 is 0 Å². The lowest BCUT2D eigenvalue weighted by atomic mass is 10.1. The number of aryl methyl sites for hydroxylation is 4. The summed E-state index contributed by atoms with van der Waals surface area (Å²) >= 11 is 0. The zero-order valence-corrected chi connectivity index (χ0v) is 16.7. The molecule has 146 valence electrons. The SMILES string of the molecule is Cc1ccc(C(=O)Nn2cnc3c(cnn3-c3ccc(C)c(C)c3)c2=O)cc1C. The van der Waals surface area contributed by atoms with Gasteiger partial charge in [-0.15, -0.1) is 0 Å². The molecule has 0 spiro atoms. The lowest BCUT2D eigenvalue weighted by molar-refractivity contribution is 0.101. The first kappa shape index (κ1) is 18.6. The third kappa shape index (κ3) is 3.31. The number of aromatic nitrogens is 4. The number of rotatable bonds is 3. The lowest BCUT2D eigenvalue weighted by Gasteiger charge is -2.10. The highest BCUT2D eigenvalue weighted by molar-refractivity contribution is 6.00. The largest absolute Gasteiger partial charge is 0.283 e. The summed E-state index contributed by atoms with van der Waals surface area (Å²) in [6, 6.07) is 11.3. The molecule has 4 rings (SSSR count). The number of benzene rings is 2. The Morgan fingerprint density at radius 1 is 0.931 bits per heavy atom. The fourth-order valence-electron chi connectivity index (χ4n) is 3.09. The maximum absolute atomic E-state index is 12.8. The smallest absolute Gasteiger partial charge is 0.267 e. The van der Waals surface area contributed by atoms with E-state index in [0.717, 1.165) is 27.1 Å². The molecule has 1 amide bonds. The first-order chi connectivity index (χ1) is 13.8. The van der Waals surface area contributed by atoms with Crippen molar-refractivity contribution in [3.8, 4) is 5.69 Å². The summed E-state index contributed by atoms with van der Waals surface area (Å²) in [6.07, 6.45) is 2.78. The quantitative estimate of drug-likeness (QED) is 0.585. The van der Waals surface area contributed by atoms with Gasteiger partial charge in [0.25, 0.3) is 11.5 Å². The third-order valence-electron chi connectivity index (χ3n) is 5.21. The molecule has 2 aromatic carbocycles. The summed E-state index contributed by atoms with van der Waals surface area (Å²) in [4.78, 5) is 29.7. The molecule has 0 saturated heterocycles. The van der Waals surface area contributed by atoms with Crippen LogP contribution < -0.4 is 11.0 Å². The number of carbonyl (C=O) groups is 1. The summed E-state index contributed by atoms with van der Waals surface area (Å²) in [6.45, 7) is 7.97. The van der Waals surface area contributed by atoms with Gasteiger partial charge in [-0.25, -0.2) is 14.3 Å². The Hall–Kier alpha value is -3.74. The van der Waals surface area contributed by atoms with Crippen LogP contribution in [0.2, 0.25) is 0 Å². The van der Waals surface area contributed by atoms with Crippen LogP contribution in [0.15, 0.2) is 53.7 Å². The van der Waals surface area contributed by atoms with Gasteiger partial charge in [0.15, 0.2) is 5.65 Å². The van der Waals surface area contributed by atoms with Crippen molar-refractivity contribution in [1.29, 1.82) is 0 Å². The molecule has 0 aliphatic heterocycles. The Kier molecular flexibility index (Phi) is 4.50. The second-order valence-corrected chi connectivity index (χ2v) is 7.22. The Bertz CT molecular complexity index is 1320. The van der Waals surface area contributed by atoms with E-state index in [1.807, 2.05) is 52.0 Å². The Labute approximate surface area is 167 Å². The maximum Gasteiger partial charge on any atom is 0.283 e. The predicted octanol–water partition coefficient (Wildman–Crippen LogP) is 3.20. The minimum atomic E-state index is -0.387. The van der Waals surface area contributed by atoms with Gasteiger partial charge in [-0.3, -0.25) is 15.0 Å². The summed E-state index contributed by atoms with van der Waals surface area (Å²) in [5.41, 5.74) is 8.36. The van der Waals surface area contributed by atoms with E-state index in [0.29, 0.717) is 16.6 Å². The second-order valence-electron chi connectivity index (χ2n) is 7.22. The van der Waals surface area contributed by atoms with E-state index in [9.17, 15) is 9.59 Å². The number of carbonyl (C=O) groups excluding carboxylic acids is 1. The molecule has 0 saturated carbocycles. The van der Waals surface area contributed by atoms with E-state index >= 15 is 0 Å². The van der Waals surface area contributed by atoms with Gasteiger partial charge in [-0.1, -0.05) is 12.1 Å². The molecule has 4 aromatic rings. The molecule has 2 aromatic heterocycles. The van der Waals surface area contributed by atoms with Gasteiger partial charge in [0, 0.05) is 5.56 Å². The summed E-state index contributed by atoms with van der Waals surface area (Å²) < 4.78 is 2.71. The van der Waals surface area contributed by atoms with Gasteiger partial charge in [0.1, 0.15) is 11.7 Å². The minimum absolute atomic E-state index is 0.325. The van der Waals surface area contributed by atoms with E-state index in [1.54, 1.807) is 16.8 Å². The first-order valence-corrected chi connectivity index (χ1v) is 9.27. The van der Waals surface area contributed by atoms with Crippen molar-refractivity contribution in [2.75, 3.05) is 5.43 Å². The molecule has 7 nitrogen and oxygen atoms in total. The van der Waals surface area contributed by atoms with Gasteiger partial charge < -0.3 is 0 Å². The van der Waals surface area contributed by atoms with Crippen molar-refractivity contribution >= 4 is 16.9 Å². The molecule has 0 bridgehead atoms. The molecular formula is C22H21N5O2. The van der Waals surface area contributed by atoms with E-state index < -0.39 is 0 Å². The van der Waals surface area contributed by atoms with Gasteiger partial charge >= 0.3 is 0 Å². The van der Waals surface area contributed by atoms with Gasteiger partial charge in [0.2, 0.25) is 0 Å². The molecule has 0 atom stereocenters. The van der Waals surface area contributed by atoms with Gasteiger partial charge in [-0.2, -0.15) is 5.10 Å². The molecule has 29 heavy (non-hydrogen) atoms. The average Bonchev–Trinajstić information content (AvgIpc) is 3.13. The monoisotopic (exact) mass is 387 g/mol. The maximum atomic E-state index is 12.8. The first-order valence-electron chi connectivity index (χ1n) is 9.27. The van der Waals surface area contributed by atoms with Crippen LogP contribution in [0.1, 0.15) is 32.6 Å². The highest BCUT2D eigenvalue weighted by Gasteiger charge is 2.14. The number of hydrogen-bond acceptors (Lipinski definition) is 4. The van der Waals surface area contributed by atoms with Gasteiger partial charge in [-0.05, 0) is 74.2 Å². The molecule has 0 aliphatic rings. The molecule has 0 aliphatic carbocycles. The molecule has 2 heterocycles. The predicted molar refractivity (Wildman–Crippen MR) is 112 cm³/mol. The van der Waals surface area contributed by atoms with E-state index in [2.05, 4.69) is 15.5 Å². The zero-order chi connectivity index (χ0) is 20.7. The molecule has 1 N–H and O–H groups in total. The number of nitrogens with zero attached hydrogens (tertiary/aromatic N) is 4. The van der Waals surface area contributed by atoms with Crippen molar-refractivity contribution in [2.45, 2.75) is 27.7 Å². The number of amides is 1. The fourth-order valence-corrected chi connectivity index (χ4v) is 3.09. The van der Waals surface area contributed by atoms with E-state index in [1.165, 1.54) is 18.1 Å². The molecule has 0 unspecified atom stereocenters. The Balaban J connectivity index is 1.70. The molecular weight excluding hydrogens is 366 g/mol. The molecule has 7 heteroatoms. The van der Waals surface area contributed by atoms with E-state index in [-0.39, 0.29) is 11.5 Å². The zero-order valence-electron chi connectivity index (χ0n) is 16.7. The van der Waals surface area contributed by atoms with Crippen LogP contribution in [0.25, 0.3) is 16.7 Å². The highest BCUT2D eigenvalue weighted by Crippen LogP contribution is 2.17. The average molecular weight is 387 g/mol. The van der Waals surface area contributed by atoms with Crippen LogP contribution in [-0.2, 0) is 0 Å². The molecule has 0 radical (unpaired) electrons. The van der Waals surface area contributed by atoms with Crippen LogP contribution in [0, 0.1) is 27.7 Å². The highest BCUT2D eigenvalue weighted by atomic mass is 16.2. The number of nitrogens with one attached hydrogen (secondary N) is 1. The van der Waals surface area contributed by atoms with Crippen molar-refractivity contribution in [1.82, 2.24) is 19.4 Å². The van der Waals surface area contributed by atoms with Gasteiger partial charge in [0.05, 0.1) is 11.9 Å². The van der Waals surface area contributed by atoms with Crippen LogP contribution in [0.3, 0.4) is 0 Å². The Morgan fingerprint density at radius 3 is 2.31 bits per heavy atom. The number of hydrogen-bond donors (Lipinski definition) is 1. The van der Waals surface area contributed by atoms with Crippen LogP contribution in [0.5, 0.6) is 0 Å². The summed E-state index contributed by atoms with van der Waals surface area (Å²) in [5.74, 6) is -0.377. The topological polar surface area (TPSA) is 81.8 Å². The second kappa shape index (κ2) is 7.01. The third-order valence-corrected chi connectivity index (χ3v) is 5.21. The lowest BCUT2D eigenvalue weighted by Crippen LogP contribution is -2.33. The normalized spacial score (nSPS) is 11.0. The standard InChI is InChI=1S/C22H21N5O2/c1-13-5-7-17(9-15(13)3)21(28)25-26-12-23-20-19(22(26)29)11-24-27(20)18-8-6-14(2)16(4)10-18/h5-12H,1-4H3,(H,25,28). The van der Waals surface area contributed by atoms with Crippen molar-refractivity contribution in [2.24, 2.45) is 0 Å². The number of fused-ring (bicyclic) bond motifs is 1. The minimum Gasteiger partial charge on any atom is -0.267 e. The van der Waals surface area contributed by atoms with Crippen molar-refractivity contribution < 1.29 is 4.79 Å². The molecule has 0 fully saturated rings. The van der Waals surface area contributed by atoms with Crippen LogP contribution in [0.4, 0.5) is 0 Å². The van der Waals surface area contributed by atoms with Crippen molar-refractivity contribution in [3.05, 3.63) is 87.1 Å². The summed E-state index contributed by atoms with van der Waals surface area (Å²) in [7, 11) is 0. The fraction of sp³-hybridized carbons (Fsp3) is 0.182.